The molecule has 2 aromatic carbocycles. The van der Waals surface area contributed by atoms with E-state index in [9.17, 15) is 18.8 Å². The standard InChI is InChI=1S/C27H25BrFN3O3S/c1-17-4-2-3-11-31(17)25(33)16-30-15-19(22-13-20(28)7-10-23(22)30)12-24-26(34)32(27(35)36-24)14-18-5-8-21(29)9-6-18/h5-10,12-13,15,17H,2-4,11,14,16H2,1H3/b24-12-/t17-/m0/s1. The van der Waals surface area contributed by atoms with Crippen LogP contribution < -0.4 is 0 Å². The van der Waals surface area contributed by atoms with E-state index < -0.39 is 0 Å². The van der Waals surface area contributed by atoms with Gasteiger partial charge in [-0.3, -0.25) is 19.3 Å². The van der Waals surface area contributed by atoms with Crippen LogP contribution in [0, 0.1) is 5.82 Å². The Morgan fingerprint density at radius 1 is 1.17 bits per heavy atom. The zero-order valence-corrected chi connectivity index (χ0v) is 22.1. The average Bonchev–Trinajstić information content (AvgIpc) is 3.31. The van der Waals surface area contributed by atoms with Gasteiger partial charge >= 0.3 is 0 Å². The van der Waals surface area contributed by atoms with Gasteiger partial charge in [0.15, 0.2) is 0 Å². The molecule has 2 aliphatic rings. The van der Waals surface area contributed by atoms with Crippen molar-refractivity contribution in [2.75, 3.05) is 6.54 Å². The van der Waals surface area contributed by atoms with Gasteiger partial charge in [0.25, 0.3) is 11.1 Å². The van der Waals surface area contributed by atoms with E-state index in [0.717, 1.165) is 58.5 Å². The molecule has 0 unspecified atom stereocenters. The first-order valence-electron chi connectivity index (χ1n) is 11.9. The van der Waals surface area contributed by atoms with Crippen LogP contribution in [0.1, 0.15) is 37.3 Å². The zero-order valence-electron chi connectivity index (χ0n) is 19.7. The molecule has 0 saturated carbocycles. The van der Waals surface area contributed by atoms with Gasteiger partial charge in [-0.1, -0.05) is 28.1 Å². The van der Waals surface area contributed by atoms with Crippen molar-refractivity contribution in [3.8, 4) is 0 Å². The van der Waals surface area contributed by atoms with E-state index in [0.29, 0.717) is 10.5 Å². The summed E-state index contributed by atoms with van der Waals surface area (Å²) in [7, 11) is 0. The third-order valence-electron chi connectivity index (χ3n) is 6.72. The van der Waals surface area contributed by atoms with Crippen LogP contribution in [0.4, 0.5) is 9.18 Å². The number of nitrogens with zero attached hydrogens (tertiary/aromatic N) is 3. The monoisotopic (exact) mass is 569 g/mol. The highest BCUT2D eigenvalue weighted by atomic mass is 79.9. The number of fused-ring (bicyclic) bond motifs is 1. The first kappa shape index (κ1) is 24.8. The molecule has 2 saturated heterocycles. The van der Waals surface area contributed by atoms with E-state index in [1.807, 2.05) is 33.9 Å². The number of halogens is 2. The molecule has 0 radical (unpaired) electrons. The second kappa shape index (κ2) is 10.2. The van der Waals surface area contributed by atoms with Crippen molar-refractivity contribution < 1.29 is 18.8 Å². The van der Waals surface area contributed by atoms with Gasteiger partial charge in [-0.25, -0.2) is 4.39 Å². The van der Waals surface area contributed by atoms with E-state index in [1.165, 1.54) is 17.0 Å². The van der Waals surface area contributed by atoms with Crippen molar-refractivity contribution >= 4 is 61.7 Å². The summed E-state index contributed by atoms with van der Waals surface area (Å²) in [5, 5.41) is 0.518. The van der Waals surface area contributed by atoms with Crippen LogP contribution >= 0.6 is 27.7 Å². The molecular weight excluding hydrogens is 545 g/mol. The molecule has 2 aliphatic heterocycles. The molecule has 0 N–H and O–H groups in total. The number of imide groups is 1. The van der Waals surface area contributed by atoms with Gasteiger partial charge in [-0.2, -0.15) is 0 Å². The summed E-state index contributed by atoms with van der Waals surface area (Å²) in [5.41, 5.74) is 2.32. The molecule has 0 spiro atoms. The highest BCUT2D eigenvalue weighted by Crippen LogP contribution is 2.35. The molecule has 36 heavy (non-hydrogen) atoms. The second-order valence-electron chi connectivity index (χ2n) is 9.20. The van der Waals surface area contributed by atoms with Gasteiger partial charge in [0, 0.05) is 39.7 Å². The summed E-state index contributed by atoms with van der Waals surface area (Å²) < 4.78 is 16.0. The van der Waals surface area contributed by atoms with Crippen LogP contribution in [0.3, 0.4) is 0 Å². The van der Waals surface area contributed by atoms with Gasteiger partial charge in [0.1, 0.15) is 12.4 Å². The van der Waals surface area contributed by atoms with E-state index >= 15 is 0 Å². The van der Waals surface area contributed by atoms with Gasteiger partial charge in [-0.05, 0) is 79.9 Å². The predicted molar refractivity (Wildman–Crippen MR) is 143 cm³/mol. The van der Waals surface area contributed by atoms with Crippen LogP contribution in [0.15, 0.2) is 58.0 Å². The molecule has 2 fully saturated rings. The SMILES string of the molecule is C[C@H]1CCCCN1C(=O)Cn1cc(/C=C2\SC(=O)N(Cc3ccc(F)cc3)C2=O)c2cc(Br)ccc21. The summed E-state index contributed by atoms with van der Waals surface area (Å²) >= 11 is 4.40. The molecule has 5 rings (SSSR count). The van der Waals surface area contributed by atoms with Crippen molar-refractivity contribution in [2.24, 2.45) is 0 Å². The molecule has 3 heterocycles. The first-order valence-corrected chi connectivity index (χ1v) is 13.5. The summed E-state index contributed by atoms with van der Waals surface area (Å²) in [5.74, 6) is -0.680. The molecule has 3 aromatic rings. The minimum atomic E-state index is -0.386. The largest absolute Gasteiger partial charge is 0.338 e. The summed E-state index contributed by atoms with van der Waals surface area (Å²) in [6.45, 7) is 3.16. The van der Waals surface area contributed by atoms with Gasteiger partial charge in [0.2, 0.25) is 5.91 Å². The van der Waals surface area contributed by atoms with E-state index in [2.05, 4.69) is 22.9 Å². The molecule has 3 amide bonds. The first-order chi connectivity index (χ1) is 17.3. The molecular formula is C27H25BrFN3O3S. The fourth-order valence-electron chi connectivity index (χ4n) is 4.80. The normalized spacial score (nSPS) is 19.6. The van der Waals surface area contributed by atoms with Crippen LogP contribution in [0.5, 0.6) is 0 Å². The van der Waals surface area contributed by atoms with Crippen molar-refractivity contribution in [2.45, 2.75) is 45.3 Å². The molecule has 1 aromatic heterocycles. The van der Waals surface area contributed by atoms with Crippen molar-refractivity contribution in [3.63, 3.8) is 0 Å². The number of hydrogen-bond acceptors (Lipinski definition) is 4. The molecule has 0 bridgehead atoms. The Morgan fingerprint density at radius 3 is 2.69 bits per heavy atom. The Bertz CT molecular complexity index is 1380. The third kappa shape index (κ3) is 4.99. The Morgan fingerprint density at radius 2 is 1.94 bits per heavy atom. The van der Waals surface area contributed by atoms with E-state index in [4.69, 9.17) is 0 Å². The number of rotatable bonds is 5. The smallest absolute Gasteiger partial charge is 0.293 e. The number of aromatic nitrogens is 1. The van der Waals surface area contributed by atoms with Gasteiger partial charge in [-0.15, -0.1) is 0 Å². The van der Waals surface area contributed by atoms with Crippen LogP contribution in [-0.4, -0.2) is 44.0 Å². The topological polar surface area (TPSA) is 62.6 Å². The molecule has 9 heteroatoms. The minimum Gasteiger partial charge on any atom is -0.338 e. The summed E-state index contributed by atoms with van der Waals surface area (Å²) in [4.78, 5) is 42.3. The zero-order chi connectivity index (χ0) is 25.4. The number of amides is 3. The maximum absolute atomic E-state index is 13.2. The Hall–Kier alpha value is -2.91. The maximum Gasteiger partial charge on any atom is 0.293 e. The number of likely N-dealkylation sites (tertiary alicyclic amines) is 1. The maximum atomic E-state index is 13.2. The number of thioether (sulfide) groups is 1. The fourth-order valence-corrected chi connectivity index (χ4v) is 5.99. The van der Waals surface area contributed by atoms with Crippen molar-refractivity contribution in [1.82, 2.24) is 14.4 Å². The fraction of sp³-hybridized carbons (Fsp3) is 0.296. The number of piperidine rings is 1. The lowest BCUT2D eigenvalue weighted by atomic mass is 10.0. The van der Waals surface area contributed by atoms with Crippen LogP contribution in [-0.2, 0) is 22.7 Å². The number of carbonyl (C=O) groups is 3. The van der Waals surface area contributed by atoms with Crippen LogP contribution in [0.25, 0.3) is 17.0 Å². The van der Waals surface area contributed by atoms with Crippen molar-refractivity contribution in [1.29, 1.82) is 0 Å². The Labute approximate surface area is 221 Å². The third-order valence-corrected chi connectivity index (χ3v) is 8.12. The number of benzene rings is 2. The van der Waals surface area contributed by atoms with Crippen LogP contribution in [0.2, 0.25) is 0 Å². The highest BCUT2D eigenvalue weighted by molar-refractivity contribution is 9.10. The van der Waals surface area contributed by atoms with Gasteiger partial charge in [0.05, 0.1) is 11.4 Å². The second-order valence-corrected chi connectivity index (χ2v) is 11.1. The molecule has 186 valence electrons. The lowest BCUT2D eigenvalue weighted by Gasteiger charge is -2.33. The molecule has 6 nitrogen and oxygen atoms in total. The predicted octanol–water partition coefficient (Wildman–Crippen LogP) is 6.18. The number of carbonyl (C=O) groups excluding carboxylic acids is 3. The number of hydrogen-bond donors (Lipinski definition) is 0. The molecule has 0 aliphatic carbocycles. The highest BCUT2D eigenvalue weighted by Gasteiger charge is 2.35. The Kier molecular flexibility index (Phi) is 7.03. The van der Waals surface area contributed by atoms with E-state index in [-0.39, 0.29) is 42.0 Å². The average molecular weight is 570 g/mol. The summed E-state index contributed by atoms with van der Waals surface area (Å²) in [6, 6.07) is 11.8. The Balaban J connectivity index is 1.43. The van der Waals surface area contributed by atoms with Crippen molar-refractivity contribution in [3.05, 3.63) is 75.0 Å². The van der Waals surface area contributed by atoms with Gasteiger partial charge < -0.3 is 9.47 Å². The van der Waals surface area contributed by atoms with E-state index in [1.54, 1.807) is 18.2 Å². The lowest BCUT2D eigenvalue weighted by molar-refractivity contribution is -0.135. The lowest BCUT2D eigenvalue weighted by Crippen LogP contribution is -2.43. The summed E-state index contributed by atoms with van der Waals surface area (Å²) in [6.07, 6.45) is 6.77. The minimum absolute atomic E-state index is 0.0770. The molecule has 1 atom stereocenters. The quantitative estimate of drug-likeness (QED) is 0.344.